The predicted octanol–water partition coefficient (Wildman–Crippen LogP) is 4.63. The molecule has 2 N–H and O–H groups in total. The van der Waals surface area contributed by atoms with Crippen molar-refractivity contribution in [1.82, 2.24) is 5.32 Å². The van der Waals surface area contributed by atoms with Gasteiger partial charge in [-0.25, -0.2) is 4.79 Å². The van der Waals surface area contributed by atoms with Crippen molar-refractivity contribution in [3.63, 3.8) is 0 Å². The molecule has 7 heteroatoms. The first-order valence-corrected chi connectivity index (χ1v) is 10.6. The molecular formula is C22H26N2O4S. The maximum Gasteiger partial charge on any atom is 0.414 e. The molecule has 1 atom stereocenters. The zero-order valence-electron chi connectivity index (χ0n) is 17.2. The van der Waals surface area contributed by atoms with Crippen LogP contribution >= 0.6 is 11.3 Å². The van der Waals surface area contributed by atoms with Gasteiger partial charge in [-0.2, -0.15) is 0 Å². The third-order valence-corrected chi connectivity index (χ3v) is 6.26. The van der Waals surface area contributed by atoms with Gasteiger partial charge in [0.1, 0.15) is 5.00 Å². The van der Waals surface area contributed by atoms with E-state index in [1.54, 1.807) is 6.92 Å². The Balaban J connectivity index is 1.95. The summed E-state index contributed by atoms with van der Waals surface area (Å²) in [5.74, 6) is -0.278. The molecule has 0 saturated heterocycles. The van der Waals surface area contributed by atoms with E-state index < -0.39 is 12.0 Å². The Morgan fingerprint density at radius 1 is 1.21 bits per heavy atom. The lowest BCUT2D eigenvalue weighted by molar-refractivity contribution is 0.0925. The molecule has 0 spiro atoms. The molecule has 3 amide bonds. The zero-order valence-corrected chi connectivity index (χ0v) is 18.0. The Morgan fingerprint density at radius 2 is 1.97 bits per heavy atom. The fraction of sp³-hybridized carbons (Fsp3) is 0.409. The average molecular weight is 415 g/mol. The molecule has 29 heavy (non-hydrogen) atoms. The number of hydrogen-bond acceptors (Lipinski definition) is 5. The normalized spacial score (nSPS) is 15.4. The second-order valence-electron chi connectivity index (χ2n) is 7.50. The number of carbonyl (C=O) groups excluding carboxylic acids is 3. The van der Waals surface area contributed by atoms with Crippen molar-refractivity contribution in [2.45, 2.75) is 47.0 Å². The van der Waals surface area contributed by atoms with Crippen LogP contribution in [0.4, 0.5) is 9.80 Å². The number of imide groups is 1. The molecule has 1 aromatic carbocycles. The van der Waals surface area contributed by atoms with E-state index in [1.165, 1.54) is 11.3 Å². The van der Waals surface area contributed by atoms with Gasteiger partial charge in [0.2, 0.25) is 0 Å². The maximum absolute atomic E-state index is 12.9. The van der Waals surface area contributed by atoms with Gasteiger partial charge in [0.15, 0.2) is 0 Å². The van der Waals surface area contributed by atoms with Crippen molar-refractivity contribution < 1.29 is 19.1 Å². The molecule has 3 rings (SSSR count). The fourth-order valence-electron chi connectivity index (χ4n) is 3.55. The summed E-state index contributed by atoms with van der Waals surface area (Å²) in [6.07, 6.45) is 1.79. The third kappa shape index (κ3) is 4.67. The number of hydrogen-bond donors (Lipinski definition) is 2. The van der Waals surface area contributed by atoms with Crippen molar-refractivity contribution in [3.05, 3.63) is 50.9 Å². The lowest BCUT2D eigenvalue weighted by Crippen LogP contribution is -2.32. The van der Waals surface area contributed by atoms with Crippen LogP contribution in [-0.2, 0) is 17.6 Å². The number of aryl methyl sites for hydroxylation is 2. The van der Waals surface area contributed by atoms with Crippen LogP contribution in [0.5, 0.6) is 0 Å². The van der Waals surface area contributed by atoms with Crippen LogP contribution in [0.2, 0.25) is 0 Å². The number of amides is 3. The molecule has 1 aliphatic carbocycles. The quantitative estimate of drug-likeness (QED) is 0.764. The van der Waals surface area contributed by atoms with E-state index in [-0.39, 0.29) is 12.5 Å². The summed E-state index contributed by atoms with van der Waals surface area (Å²) in [5.41, 5.74) is 3.72. The van der Waals surface area contributed by atoms with Crippen molar-refractivity contribution in [1.29, 1.82) is 0 Å². The number of anilines is 1. The molecule has 0 unspecified atom stereocenters. The first-order valence-electron chi connectivity index (χ1n) is 9.81. The van der Waals surface area contributed by atoms with Gasteiger partial charge in [0, 0.05) is 10.4 Å². The largest absolute Gasteiger partial charge is 0.450 e. The Bertz CT molecular complexity index is 964. The fourth-order valence-corrected chi connectivity index (χ4v) is 4.96. The molecule has 0 fully saturated rings. The van der Waals surface area contributed by atoms with Gasteiger partial charge in [-0.1, -0.05) is 24.6 Å². The molecule has 154 valence electrons. The van der Waals surface area contributed by atoms with E-state index in [0.29, 0.717) is 22.0 Å². The van der Waals surface area contributed by atoms with Crippen molar-refractivity contribution in [3.8, 4) is 0 Å². The zero-order chi connectivity index (χ0) is 21.1. The monoisotopic (exact) mass is 414 g/mol. The highest BCUT2D eigenvalue weighted by atomic mass is 32.1. The number of fused-ring (bicyclic) bond motifs is 1. The Morgan fingerprint density at radius 3 is 2.69 bits per heavy atom. The minimum Gasteiger partial charge on any atom is -0.450 e. The molecule has 1 aromatic heterocycles. The summed E-state index contributed by atoms with van der Waals surface area (Å²) < 4.78 is 4.84. The summed E-state index contributed by atoms with van der Waals surface area (Å²) in [6, 6.07) is 5.69. The van der Waals surface area contributed by atoms with E-state index in [4.69, 9.17) is 4.74 Å². The number of benzene rings is 1. The summed E-state index contributed by atoms with van der Waals surface area (Å²) in [4.78, 5) is 38.6. The Kier molecular flexibility index (Phi) is 6.37. The van der Waals surface area contributed by atoms with Gasteiger partial charge in [0.25, 0.3) is 11.8 Å². The lowest BCUT2D eigenvalue weighted by atomic mass is 9.88. The molecule has 0 bridgehead atoms. The highest BCUT2D eigenvalue weighted by Crippen LogP contribution is 2.40. The van der Waals surface area contributed by atoms with Crippen LogP contribution in [0.25, 0.3) is 0 Å². The van der Waals surface area contributed by atoms with Gasteiger partial charge in [-0.15, -0.1) is 11.3 Å². The maximum atomic E-state index is 12.9. The first kappa shape index (κ1) is 21.0. The van der Waals surface area contributed by atoms with E-state index in [9.17, 15) is 14.4 Å². The van der Waals surface area contributed by atoms with E-state index in [2.05, 4.69) is 17.6 Å². The van der Waals surface area contributed by atoms with Crippen LogP contribution in [0.1, 0.15) is 62.6 Å². The summed E-state index contributed by atoms with van der Waals surface area (Å²) >= 11 is 1.42. The second kappa shape index (κ2) is 8.78. The van der Waals surface area contributed by atoms with Crippen LogP contribution < -0.4 is 10.6 Å². The van der Waals surface area contributed by atoms with Gasteiger partial charge in [-0.05, 0) is 63.1 Å². The number of carbonyl (C=O) groups is 3. The summed E-state index contributed by atoms with van der Waals surface area (Å²) in [7, 11) is 0. The van der Waals surface area contributed by atoms with Gasteiger partial charge in [-0.3, -0.25) is 14.9 Å². The van der Waals surface area contributed by atoms with E-state index in [0.717, 1.165) is 40.8 Å². The Labute approximate surface area is 174 Å². The first-order chi connectivity index (χ1) is 13.8. The summed E-state index contributed by atoms with van der Waals surface area (Å²) in [5, 5.41) is 5.68. The van der Waals surface area contributed by atoms with E-state index in [1.807, 2.05) is 32.0 Å². The molecule has 1 aliphatic rings. The SMILES string of the molecule is CCOC(=O)NC(=O)c1c(NC(=O)c2cc(C)ccc2C)sc2c1CC[C@H](C)C2. The predicted molar refractivity (Wildman–Crippen MR) is 114 cm³/mol. The molecule has 0 aliphatic heterocycles. The molecular weight excluding hydrogens is 388 g/mol. The van der Waals surface area contributed by atoms with Gasteiger partial charge in [0.05, 0.1) is 12.2 Å². The molecule has 1 heterocycles. The second-order valence-corrected chi connectivity index (χ2v) is 8.61. The lowest BCUT2D eigenvalue weighted by Gasteiger charge is -2.18. The Hall–Kier alpha value is -2.67. The number of alkyl carbamates (subject to hydrolysis) is 1. The van der Waals surface area contributed by atoms with Crippen LogP contribution in [-0.4, -0.2) is 24.5 Å². The molecule has 0 radical (unpaired) electrons. The number of rotatable bonds is 4. The van der Waals surface area contributed by atoms with Crippen molar-refractivity contribution in [2.75, 3.05) is 11.9 Å². The van der Waals surface area contributed by atoms with E-state index >= 15 is 0 Å². The van der Waals surface area contributed by atoms with Crippen molar-refractivity contribution in [2.24, 2.45) is 5.92 Å². The van der Waals surface area contributed by atoms with Crippen LogP contribution in [0.15, 0.2) is 18.2 Å². The smallest absolute Gasteiger partial charge is 0.414 e. The highest BCUT2D eigenvalue weighted by Gasteiger charge is 2.29. The van der Waals surface area contributed by atoms with Gasteiger partial charge < -0.3 is 10.1 Å². The molecule has 6 nitrogen and oxygen atoms in total. The minimum atomic E-state index is -0.784. The van der Waals surface area contributed by atoms with Crippen LogP contribution in [0, 0.1) is 19.8 Å². The highest BCUT2D eigenvalue weighted by molar-refractivity contribution is 7.17. The summed E-state index contributed by atoms with van der Waals surface area (Å²) in [6.45, 7) is 7.83. The molecule has 0 saturated carbocycles. The topological polar surface area (TPSA) is 84.5 Å². The van der Waals surface area contributed by atoms with Gasteiger partial charge >= 0.3 is 6.09 Å². The number of thiophene rings is 1. The third-order valence-electron chi connectivity index (χ3n) is 5.09. The number of nitrogens with one attached hydrogen (secondary N) is 2. The van der Waals surface area contributed by atoms with Crippen molar-refractivity contribution >= 4 is 34.2 Å². The molecule has 2 aromatic rings. The number of ether oxygens (including phenoxy) is 1. The standard InChI is InChI=1S/C22H26N2O4S/c1-5-28-22(27)24-20(26)18-15-9-7-13(3)11-17(15)29-21(18)23-19(25)16-10-12(2)6-8-14(16)4/h6,8,10,13H,5,7,9,11H2,1-4H3,(H,23,25)(H,24,26,27)/t13-/m0/s1. The average Bonchev–Trinajstić information content (AvgIpc) is 3.00. The van der Waals surface area contributed by atoms with Crippen LogP contribution in [0.3, 0.4) is 0 Å². The minimum absolute atomic E-state index is 0.175.